The normalized spacial score (nSPS) is 15.6. The molecule has 1 aliphatic carbocycles. The Balaban J connectivity index is 1.87. The number of hydrogen-bond donors (Lipinski definition) is 0. The predicted octanol–water partition coefficient (Wildman–Crippen LogP) is 3.25. The van der Waals surface area contributed by atoms with Crippen molar-refractivity contribution in [3.05, 3.63) is 64.6 Å². The Morgan fingerprint density at radius 2 is 1.96 bits per heavy atom. The molecule has 0 spiro atoms. The maximum Gasteiger partial charge on any atom is 0.341 e. The van der Waals surface area contributed by atoms with E-state index in [0.717, 1.165) is 18.7 Å². The van der Waals surface area contributed by atoms with Crippen molar-refractivity contribution < 1.29 is 9.53 Å². The van der Waals surface area contributed by atoms with Crippen LogP contribution >= 0.6 is 11.6 Å². The number of benzene rings is 1. The summed E-state index contributed by atoms with van der Waals surface area (Å²) in [6.45, 7) is 0. The third-order valence-corrected chi connectivity index (χ3v) is 4.67. The van der Waals surface area contributed by atoms with Gasteiger partial charge in [-0.05, 0) is 42.7 Å². The topological polar surface area (TPSA) is 56.5 Å². The lowest BCUT2D eigenvalue weighted by molar-refractivity contribution is 0.0602. The minimum absolute atomic E-state index is 0.154. The standard InChI is InChI=1S/C17H14ClN3O2/c1-23-15(22)13-3-2-10-21-14(13)19-20-16(21)17(8-9-17)11-4-6-12(18)7-5-11/h2-7,10H,8-9H2,1H3. The minimum Gasteiger partial charge on any atom is -0.465 e. The van der Waals surface area contributed by atoms with Crippen LogP contribution < -0.4 is 0 Å². The smallest absolute Gasteiger partial charge is 0.341 e. The Morgan fingerprint density at radius 1 is 1.22 bits per heavy atom. The number of carbonyl (C=O) groups excluding carboxylic acids is 1. The molecule has 3 aromatic rings. The SMILES string of the molecule is COC(=O)c1cccn2c(C3(c4ccc(Cl)cc4)CC3)nnc12. The lowest BCUT2D eigenvalue weighted by Crippen LogP contribution is -2.14. The highest BCUT2D eigenvalue weighted by Gasteiger charge is 2.49. The van der Waals surface area contributed by atoms with E-state index in [0.29, 0.717) is 16.2 Å². The number of aromatic nitrogens is 3. The summed E-state index contributed by atoms with van der Waals surface area (Å²) in [5.41, 5.74) is 1.95. The Hall–Kier alpha value is -2.40. The molecule has 4 rings (SSSR count). The molecular weight excluding hydrogens is 314 g/mol. The Morgan fingerprint density at radius 3 is 2.61 bits per heavy atom. The van der Waals surface area contributed by atoms with Gasteiger partial charge in [-0.2, -0.15) is 0 Å². The molecule has 0 unspecified atom stereocenters. The summed E-state index contributed by atoms with van der Waals surface area (Å²) < 4.78 is 6.70. The summed E-state index contributed by atoms with van der Waals surface area (Å²) in [4.78, 5) is 11.9. The van der Waals surface area contributed by atoms with Gasteiger partial charge >= 0.3 is 5.97 Å². The molecule has 2 heterocycles. The van der Waals surface area contributed by atoms with Crippen LogP contribution in [0.5, 0.6) is 0 Å². The third kappa shape index (κ3) is 2.11. The van der Waals surface area contributed by atoms with Crippen LogP contribution in [0, 0.1) is 0 Å². The molecule has 1 saturated carbocycles. The van der Waals surface area contributed by atoms with E-state index in [1.165, 1.54) is 12.7 Å². The van der Waals surface area contributed by atoms with Crippen LogP contribution in [0.25, 0.3) is 5.65 Å². The molecule has 0 amide bonds. The Bertz CT molecular complexity index is 898. The van der Waals surface area contributed by atoms with Crippen LogP contribution in [-0.4, -0.2) is 27.7 Å². The lowest BCUT2D eigenvalue weighted by Gasteiger charge is -2.14. The van der Waals surface area contributed by atoms with Gasteiger partial charge in [-0.25, -0.2) is 4.79 Å². The van der Waals surface area contributed by atoms with Gasteiger partial charge in [-0.15, -0.1) is 10.2 Å². The van der Waals surface area contributed by atoms with Crippen LogP contribution in [-0.2, 0) is 10.2 Å². The van der Waals surface area contributed by atoms with Crippen molar-refractivity contribution >= 4 is 23.2 Å². The molecular formula is C17H14ClN3O2. The molecule has 23 heavy (non-hydrogen) atoms. The molecule has 1 fully saturated rings. The number of hydrogen-bond acceptors (Lipinski definition) is 4. The highest BCUT2D eigenvalue weighted by atomic mass is 35.5. The van der Waals surface area contributed by atoms with Gasteiger partial charge in [-0.3, -0.25) is 4.40 Å². The van der Waals surface area contributed by atoms with E-state index in [2.05, 4.69) is 10.2 Å². The summed E-state index contributed by atoms with van der Waals surface area (Å²) in [7, 11) is 1.36. The number of carbonyl (C=O) groups is 1. The summed E-state index contributed by atoms with van der Waals surface area (Å²) in [6, 6.07) is 11.3. The first kappa shape index (κ1) is 14.2. The number of fused-ring (bicyclic) bond motifs is 1. The molecule has 1 aliphatic rings. The Kier molecular flexibility index (Phi) is 3.13. The van der Waals surface area contributed by atoms with Gasteiger partial charge in [0.05, 0.1) is 12.5 Å². The van der Waals surface area contributed by atoms with Crippen LogP contribution in [0.1, 0.15) is 34.6 Å². The van der Waals surface area contributed by atoms with E-state index in [1.807, 2.05) is 40.9 Å². The first-order valence-electron chi connectivity index (χ1n) is 7.34. The fourth-order valence-electron chi connectivity index (χ4n) is 3.05. The largest absolute Gasteiger partial charge is 0.465 e. The van der Waals surface area contributed by atoms with Crippen molar-refractivity contribution in [3.63, 3.8) is 0 Å². The van der Waals surface area contributed by atoms with Gasteiger partial charge in [0.2, 0.25) is 0 Å². The van der Waals surface area contributed by atoms with Gasteiger partial charge in [-0.1, -0.05) is 23.7 Å². The van der Waals surface area contributed by atoms with Gasteiger partial charge in [0.15, 0.2) is 5.65 Å². The zero-order valence-electron chi connectivity index (χ0n) is 12.5. The van der Waals surface area contributed by atoms with Crippen molar-refractivity contribution in [2.45, 2.75) is 18.3 Å². The summed E-state index contributed by atoms with van der Waals surface area (Å²) in [6.07, 6.45) is 3.88. The second-order valence-electron chi connectivity index (χ2n) is 5.72. The number of methoxy groups -OCH3 is 1. The van der Waals surface area contributed by atoms with Gasteiger partial charge < -0.3 is 4.74 Å². The minimum atomic E-state index is -0.411. The molecule has 0 radical (unpaired) electrons. The zero-order chi connectivity index (χ0) is 16.0. The highest BCUT2D eigenvalue weighted by Crippen LogP contribution is 2.52. The monoisotopic (exact) mass is 327 g/mol. The van der Waals surface area contributed by atoms with Crippen LogP contribution in [0.15, 0.2) is 42.6 Å². The summed E-state index contributed by atoms with van der Waals surface area (Å²) >= 11 is 5.99. The molecule has 0 aliphatic heterocycles. The molecule has 5 nitrogen and oxygen atoms in total. The predicted molar refractivity (Wildman–Crippen MR) is 85.8 cm³/mol. The zero-order valence-corrected chi connectivity index (χ0v) is 13.2. The fraction of sp³-hybridized carbons (Fsp3) is 0.235. The molecule has 116 valence electrons. The van der Waals surface area contributed by atoms with E-state index in [1.54, 1.807) is 6.07 Å². The number of ether oxygens (including phenoxy) is 1. The highest BCUT2D eigenvalue weighted by molar-refractivity contribution is 6.30. The van der Waals surface area contributed by atoms with Crippen molar-refractivity contribution in [3.8, 4) is 0 Å². The molecule has 0 bridgehead atoms. The van der Waals surface area contributed by atoms with Gasteiger partial charge in [0.1, 0.15) is 11.4 Å². The molecule has 2 aromatic heterocycles. The van der Waals surface area contributed by atoms with Crippen LogP contribution in [0.4, 0.5) is 0 Å². The van der Waals surface area contributed by atoms with E-state index in [-0.39, 0.29) is 5.41 Å². The van der Waals surface area contributed by atoms with E-state index >= 15 is 0 Å². The third-order valence-electron chi connectivity index (χ3n) is 4.41. The van der Waals surface area contributed by atoms with Crippen molar-refractivity contribution in [1.82, 2.24) is 14.6 Å². The van der Waals surface area contributed by atoms with E-state index in [9.17, 15) is 4.79 Å². The van der Waals surface area contributed by atoms with Crippen molar-refractivity contribution in [1.29, 1.82) is 0 Å². The van der Waals surface area contributed by atoms with Crippen LogP contribution in [0.2, 0.25) is 5.02 Å². The molecule has 0 N–H and O–H groups in total. The second-order valence-corrected chi connectivity index (χ2v) is 6.16. The first-order chi connectivity index (χ1) is 11.2. The van der Waals surface area contributed by atoms with Crippen LogP contribution in [0.3, 0.4) is 0 Å². The maximum atomic E-state index is 11.9. The molecule has 6 heteroatoms. The summed E-state index contributed by atoms with van der Waals surface area (Å²) in [5.74, 6) is 0.437. The Labute approximate surface area is 137 Å². The average Bonchev–Trinajstić information content (AvgIpc) is 3.26. The molecule has 1 aromatic carbocycles. The second kappa shape index (κ2) is 5.06. The van der Waals surface area contributed by atoms with E-state index in [4.69, 9.17) is 16.3 Å². The maximum absolute atomic E-state index is 11.9. The van der Waals surface area contributed by atoms with Gasteiger partial charge in [0, 0.05) is 11.2 Å². The number of nitrogens with zero attached hydrogens (tertiary/aromatic N) is 3. The lowest BCUT2D eigenvalue weighted by atomic mass is 9.95. The van der Waals surface area contributed by atoms with Crippen molar-refractivity contribution in [2.24, 2.45) is 0 Å². The number of halogens is 1. The number of esters is 1. The number of pyridine rings is 1. The first-order valence-corrected chi connectivity index (χ1v) is 7.72. The summed E-state index contributed by atoms with van der Waals surface area (Å²) in [5, 5.41) is 9.31. The molecule has 0 saturated heterocycles. The van der Waals surface area contributed by atoms with Crippen molar-refractivity contribution in [2.75, 3.05) is 7.11 Å². The fourth-order valence-corrected chi connectivity index (χ4v) is 3.17. The number of rotatable bonds is 3. The van der Waals surface area contributed by atoms with Gasteiger partial charge in [0.25, 0.3) is 0 Å². The molecule has 0 atom stereocenters. The van der Waals surface area contributed by atoms with E-state index < -0.39 is 5.97 Å². The average molecular weight is 328 g/mol. The quantitative estimate of drug-likeness (QED) is 0.693.